The van der Waals surface area contributed by atoms with E-state index < -0.39 is 75.3 Å². The number of benzene rings is 1. The summed E-state index contributed by atoms with van der Waals surface area (Å²) in [6, 6.07) is -0.726. The number of nitrogens with one attached hydrogen (secondary N) is 1. The highest BCUT2D eigenvalue weighted by atomic mass is 35.5. The van der Waals surface area contributed by atoms with E-state index in [0.29, 0.717) is 12.1 Å². The lowest BCUT2D eigenvalue weighted by Crippen LogP contribution is -2.47. The molecular formula is C13H11ClF7N2O4S-. The average Bonchev–Trinajstić information content (AvgIpc) is 2.49. The third-order valence-electron chi connectivity index (χ3n) is 3.01. The Balaban J connectivity index is 2.97. The number of ether oxygens (including phenoxy) is 1. The molecule has 2 atom stereocenters. The lowest BCUT2D eigenvalue weighted by Gasteiger charge is -2.31. The first-order valence-corrected chi connectivity index (χ1v) is 8.46. The Kier molecular flexibility index (Phi) is 8.05. The van der Waals surface area contributed by atoms with Gasteiger partial charge in [0.15, 0.2) is 11.6 Å². The molecule has 15 heteroatoms. The van der Waals surface area contributed by atoms with Crippen LogP contribution in [0.4, 0.5) is 30.7 Å². The van der Waals surface area contributed by atoms with E-state index in [-0.39, 0.29) is 0 Å². The van der Waals surface area contributed by atoms with E-state index >= 15 is 0 Å². The Labute approximate surface area is 161 Å². The van der Waals surface area contributed by atoms with Crippen LogP contribution >= 0.6 is 11.6 Å². The van der Waals surface area contributed by atoms with E-state index in [1.807, 2.05) is 0 Å². The monoisotopic (exact) mass is 459 g/mol. The number of nitrogens with zero attached hydrogens (tertiary/aromatic N) is 1. The Hall–Kier alpha value is -1.64. The molecule has 0 spiro atoms. The van der Waals surface area contributed by atoms with Crippen LogP contribution in [0, 0.1) is 5.82 Å². The zero-order chi connectivity index (χ0) is 21.9. The van der Waals surface area contributed by atoms with Gasteiger partial charge in [-0.3, -0.25) is 9.00 Å². The lowest BCUT2D eigenvalue weighted by molar-refractivity contribution is -0.222. The highest BCUT2D eigenvalue weighted by molar-refractivity contribution is 7.76. The highest BCUT2D eigenvalue weighted by Gasteiger charge is 2.42. The van der Waals surface area contributed by atoms with E-state index in [1.54, 1.807) is 0 Å². The van der Waals surface area contributed by atoms with E-state index in [4.69, 9.17) is 16.3 Å². The van der Waals surface area contributed by atoms with Crippen molar-refractivity contribution in [2.24, 2.45) is 0 Å². The Bertz CT molecular complexity index is 745. The minimum Gasteiger partial charge on any atom is -0.759 e. The van der Waals surface area contributed by atoms with Crippen molar-refractivity contribution in [2.45, 2.75) is 25.4 Å². The van der Waals surface area contributed by atoms with Gasteiger partial charge in [-0.2, -0.15) is 26.3 Å². The summed E-state index contributed by atoms with van der Waals surface area (Å²) in [5.41, 5.74) is -0.630. The molecule has 0 aliphatic heterocycles. The van der Waals surface area contributed by atoms with Crippen LogP contribution in [0.2, 0.25) is 5.02 Å². The first-order chi connectivity index (χ1) is 12.6. The number of carbonyl (C=O) groups excluding carboxylic acids is 1. The molecule has 160 valence electrons. The smallest absolute Gasteiger partial charge is 0.470 e. The summed E-state index contributed by atoms with van der Waals surface area (Å²) in [7, 11) is 0. The molecule has 1 N–H and O–H groups in total. The third-order valence-corrected chi connectivity index (χ3v) is 4.21. The van der Waals surface area contributed by atoms with E-state index in [2.05, 4.69) is 0 Å². The molecule has 0 radical (unpaired) electrons. The molecule has 6 nitrogen and oxygen atoms in total. The molecule has 1 unspecified atom stereocenters. The minimum absolute atomic E-state index is 0.511. The van der Waals surface area contributed by atoms with Crippen molar-refractivity contribution < 1.29 is 49.0 Å². The van der Waals surface area contributed by atoms with Gasteiger partial charge in [-0.25, -0.2) is 4.39 Å². The number of alkyl halides is 6. The summed E-state index contributed by atoms with van der Waals surface area (Å²) in [5, 5.41) is 0.905. The van der Waals surface area contributed by atoms with Crippen molar-refractivity contribution in [1.82, 2.24) is 9.62 Å². The lowest BCUT2D eigenvalue weighted by atomic mass is 10.2. The topological polar surface area (TPSA) is 81.7 Å². The second kappa shape index (κ2) is 9.24. The van der Waals surface area contributed by atoms with Crippen molar-refractivity contribution >= 4 is 28.8 Å². The van der Waals surface area contributed by atoms with Crippen LogP contribution in [0.25, 0.3) is 0 Å². The SMILES string of the molecule is C[C@@H](COc1cc(C(=O)NCC(F)(F)F)c(Cl)cc1F)N(S(=O)[O-])C(F)(F)F. The van der Waals surface area contributed by atoms with E-state index in [0.717, 1.165) is 6.92 Å². The molecule has 28 heavy (non-hydrogen) atoms. The van der Waals surface area contributed by atoms with Gasteiger partial charge in [0, 0.05) is 11.3 Å². The van der Waals surface area contributed by atoms with Crippen molar-refractivity contribution in [3.05, 3.63) is 28.5 Å². The van der Waals surface area contributed by atoms with Crippen molar-refractivity contribution in [3.63, 3.8) is 0 Å². The van der Waals surface area contributed by atoms with Gasteiger partial charge < -0.3 is 14.6 Å². The van der Waals surface area contributed by atoms with Crippen molar-refractivity contribution in [1.29, 1.82) is 0 Å². The van der Waals surface area contributed by atoms with Gasteiger partial charge in [-0.15, -0.1) is 4.31 Å². The maximum atomic E-state index is 13.8. The van der Waals surface area contributed by atoms with Gasteiger partial charge in [-0.1, -0.05) is 11.6 Å². The maximum Gasteiger partial charge on any atom is 0.470 e. The normalized spacial score (nSPS) is 14.7. The average molecular weight is 460 g/mol. The van der Waals surface area contributed by atoms with Crippen LogP contribution < -0.4 is 10.1 Å². The summed E-state index contributed by atoms with van der Waals surface area (Å²) >= 11 is 1.88. The zero-order valence-corrected chi connectivity index (χ0v) is 15.2. The summed E-state index contributed by atoms with van der Waals surface area (Å²) in [4.78, 5) is 11.7. The van der Waals surface area contributed by atoms with Gasteiger partial charge in [0.1, 0.15) is 13.2 Å². The molecule has 0 aromatic heterocycles. The molecule has 0 heterocycles. The quantitative estimate of drug-likeness (QED) is 0.386. The van der Waals surface area contributed by atoms with Gasteiger partial charge in [-0.05, 0) is 19.1 Å². The molecule has 1 rings (SSSR count). The molecule has 1 aromatic carbocycles. The molecule has 0 fully saturated rings. The van der Waals surface area contributed by atoms with Gasteiger partial charge in [0.2, 0.25) is 0 Å². The van der Waals surface area contributed by atoms with Crippen LogP contribution in [-0.2, 0) is 11.3 Å². The van der Waals surface area contributed by atoms with Gasteiger partial charge in [0.05, 0.1) is 16.6 Å². The Morgan fingerprint density at radius 1 is 1.32 bits per heavy atom. The maximum absolute atomic E-state index is 13.8. The predicted octanol–water partition coefficient (Wildman–Crippen LogP) is 3.15. The largest absolute Gasteiger partial charge is 0.759 e. The van der Waals surface area contributed by atoms with Gasteiger partial charge in [0.25, 0.3) is 5.91 Å². The molecule has 0 aliphatic carbocycles. The van der Waals surface area contributed by atoms with E-state index in [1.165, 1.54) is 5.32 Å². The predicted molar refractivity (Wildman–Crippen MR) is 81.6 cm³/mol. The van der Waals surface area contributed by atoms with Gasteiger partial charge >= 0.3 is 12.5 Å². The fourth-order valence-electron chi connectivity index (χ4n) is 1.85. The number of amides is 1. The molecule has 1 amide bonds. The number of rotatable bonds is 7. The number of hydrogen-bond donors (Lipinski definition) is 1. The molecule has 1 aromatic rings. The first-order valence-electron chi connectivity index (χ1n) is 7.05. The Morgan fingerprint density at radius 2 is 1.89 bits per heavy atom. The second-order valence-electron chi connectivity index (χ2n) is 5.23. The second-order valence-corrected chi connectivity index (χ2v) is 6.47. The summed E-state index contributed by atoms with van der Waals surface area (Å²) < 4.78 is 114. The van der Waals surface area contributed by atoms with Crippen LogP contribution in [0.1, 0.15) is 17.3 Å². The minimum atomic E-state index is -5.27. The Morgan fingerprint density at radius 3 is 2.36 bits per heavy atom. The summed E-state index contributed by atoms with van der Waals surface area (Å²) in [6.45, 7) is -1.88. The van der Waals surface area contributed by atoms with E-state index in [9.17, 15) is 44.3 Å². The number of halogens is 8. The molecule has 0 saturated carbocycles. The van der Waals surface area contributed by atoms with Crippen molar-refractivity contribution in [2.75, 3.05) is 13.2 Å². The number of hydrogen-bond acceptors (Lipinski definition) is 4. The summed E-state index contributed by atoms with van der Waals surface area (Å²) in [5.74, 6) is -3.38. The van der Waals surface area contributed by atoms with Crippen LogP contribution in [0.3, 0.4) is 0 Å². The fraction of sp³-hybridized carbons (Fsp3) is 0.462. The first kappa shape index (κ1) is 24.4. The van der Waals surface area contributed by atoms with Crippen LogP contribution in [-0.4, -0.2) is 50.6 Å². The van der Waals surface area contributed by atoms with Crippen molar-refractivity contribution in [3.8, 4) is 5.75 Å². The molecule has 0 aliphatic rings. The molecule has 0 bridgehead atoms. The zero-order valence-electron chi connectivity index (χ0n) is 13.7. The van der Waals surface area contributed by atoms with Crippen LogP contribution in [0.15, 0.2) is 12.1 Å². The summed E-state index contributed by atoms with van der Waals surface area (Å²) in [6.07, 6.45) is -10.00. The molecular weight excluding hydrogens is 449 g/mol. The fourth-order valence-corrected chi connectivity index (χ4v) is 2.61. The third kappa shape index (κ3) is 7.07. The molecule has 0 saturated heterocycles. The number of carbonyl (C=O) groups is 1. The standard InChI is InChI=1S/C13H12ClF7N2O4S/c1-6(23(28(25)26)13(19,20)21)4-27-10-2-7(8(14)3-9(10)15)11(24)22-5-12(16,17)18/h2-3,6H,4-5H2,1H3,(H,22,24)(H,25,26)/p-1/t6-/m0/s1. The highest BCUT2D eigenvalue weighted by Crippen LogP contribution is 2.28. The van der Waals surface area contributed by atoms with Crippen LogP contribution in [0.5, 0.6) is 5.75 Å².